The molecule has 0 atom stereocenters. The molecule has 3 rings (SSSR count). The fraction of sp³-hybridized carbons (Fsp3) is 0.167. The van der Waals surface area contributed by atoms with Crippen molar-refractivity contribution in [3.63, 3.8) is 0 Å². The predicted molar refractivity (Wildman–Crippen MR) is 109 cm³/mol. The van der Waals surface area contributed by atoms with Gasteiger partial charge >= 0.3 is 0 Å². The number of benzene rings is 1. The van der Waals surface area contributed by atoms with Crippen LogP contribution in [0.4, 0.5) is 10.9 Å². The van der Waals surface area contributed by atoms with E-state index < -0.39 is 0 Å². The molecule has 2 aromatic heterocycles. The molecule has 0 aliphatic heterocycles. The van der Waals surface area contributed by atoms with Crippen LogP contribution in [-0.2, 0) is 6.61 Å². The van der Waals surface area contributed by atoms with Gasteiger partial charge in [-0.2, -0.15) is 0 Å². The van der Waals surface area contributed by atoms with Gasteiger partial charge in [-0.15, -0.1) is 0 Å². The Morgan fingerprint density at radius 2 is 2.22 bits per heavy atom. The molecule has 0 aliphatic rings. The standard InChI is InChI=1S/C18H20N6O2S/c1-21-9-12(8-19)23-16-5-11(3-4-22-16)10-26-13-6-14(25-2)17-15(7-13)27-18(20)24-17/h3-9H,10,19H2,1-2H3,(H2,20,24)(H,22,23). The topological polar surface area (TPSA) is 121 Å². The largest absolute Gasteiger partial charge is 0.494 e. The van der Waals surface area contributed by atoms with E-state index in [9.17, 15) is 0 Å². The lowest BCUT2D eigenvalue weighted by Gasteiger charge is -2.10. The van der Waals surface area contributed by atoms with E-state index in [1.165, 1.54) is 17.5 Å². The first-order chi connectivity index (χ1) is 13.1. The van der Waals surface area contributed by atoms with E-state index in [4.69, 9.17) is 20.9 Å². The van der Waals surface area contributed by atoms with Gasteiger partial charge < -0.3 is 26.3 Å². The number of pyridine rings is 1. The first kappa shape index (κ1) is 18.5. The summed E-state index contributed by atoms with van der Waals surface area (Å²) in [7, 11) is 3.27. The molecule has 0 spiro atoms. The molecule has 8 nitrogen and oxygen atoms in total. The van der Waals surface area contributed by atoms with E-state index in [1.54, 1.807) is 32.6 Å². The number of nitrogen functional groups attached to an aromatic ring is 1. The summed E-state index contributed by atoms with van der Waals surface area (Å²) in [5, 5.41) is 3.58. The minimum Gasteiger partial charge on any atom is -0.494 e. The third kappa shape index (κ3) is 4.45. The molecule has 9 heteroatoms. The third-order valence-corrected chi connectivity index (χ3v) is 4.45. The monoisotopic (exact) mass is 384 g/mol. The number of hydrogen-bond acceptors (Lipinski definition) is 9. The maximum absolute atomic E-state index is 5.92. The molecule has 0 aliphatic carbocycles. The quantitative estimate of drug-likeness (QED) is 0.536. The summed E-state index contributed by atoms with van der Waals surface area (Å²) in [5.74, 6) is 1.95. The van der Waals surface area contributed by atoms with Crippen LogP contribution in [-0.4, -0.2) is 30.3 Å². The molecule has 0 saturated carbocycles. The molecule has 5 N–H and O–H groups in total. The third-order valence-electron chi connectivity index (χ3n) is 3.62. The van der Waals surface area contributed by atoms with Crippen LogP contribution in [0.25, 0.3) is 10.2 Å². The second-order valence-corrected chi connectivity index (χ2v) is 6.56. The summed E-state index contributed by atoms with van der Waals surface area (Å²) in [4.78, 5) is 12.5. The van der Waals surface area contributed by atoms with Gasteiger partial charge in [-0.1, -0.05) is 11.3 Å². The van der Waals surface area contributed by atoms with Gasteiger partial charge in [0.1, 0.15) is 29.4 Å². The summed E-state index contributed by atoms with van der Waals surface area (Å²) < 4.78 is 12.2. The summed E-state index contributed by atoms with van der Waals surface area (Å²) in [5.41, 5.74) is 13.7. The van der Waals surface area contributed by atoms with E-state index >= 15 is 0 Å². The van der Waals surface area contributed by atoms with Gasteiger partial charge in [0.15, 0.2) is 5.13 Å². The molecular formula is C18H20N6O2S. The van der Waals surface area contributed by atoms with Gasteiger partial charge in [0, 0.05) is 31.7 Å². The molecule has 27 heavy (non-hydrogen) atoms. The molecule has 140 valence electrons. The highest BCUT2D eigenvalue weighted by molar-refractivity contribution is 7.22. The molecule has 2 heterocycles. The molecule has 0 amide bonds. The van der Waals surface area contributed by atoms with Crippen molar-refractivity contribution in [1.82, 2.24) is 9.97 Å². The van der Waals surface area contributed by atoms with Crippen molar-refractivity contribution in [2.75, 3.05) is 25.2 Å². The van der Waals surface area contributed by atoms with Crippen LogP contribution < -0.4 is 26.3 Å². The minimum absolute atomic E-state index is 0.365. The number of nitrogens with one attached hydrogen (secondary N) is 1. The van der Waals surface area contributed by atoms with Crippen LogP contribution in [0.5, 0.6) is 11.5 Å². The molecule has 0 fully saturated rings. The summed E-state index contributed by atoms with van der Waals surface area (Å²) in [6.07, 6.45) is 4.75. The predicted octanol–water partition coefficient (Wildman–Crippen LogP) is 2.77. The lowest BCUT2D eigenvalue weighted by Crippen LogP contribution is -2.06. The van der Waals surface area contributed by atoms with Crippen molar-refractivity contribution in [1.29, 1.82) is 0 Å². The second kappa shape index (κ2) is 8.37. The fourth-order valence-corrected chi connectivity index (χ4v) is 3.21. The summed E-state index contributed by atoms with van der Waals surface area (Å²) >= 11 is 1.39. The van der Waals surface area contributed by atoms with Gasteiger partial charge in [-0.05, 0) is 23.8 Å². The number of nitrogens with zero attached hydrogens (tertiary/aromatic N) is 3. The molecule has 0 saturated heterocycles. The Kier molecular flexibility index (Phi) is 5.72. The maximum Gasteiger partial charge on any atom is 0.181 e. The number of aromatic nitrogens is 2. The highest BCUT2D eigenvalue weighted by Gasteiger charge is 2.11. The van der Waals surface area contributed by atoms with Crippen LogP contribution in [0.1, 0.15) is 5.56 Å². The van der Waals surface area contributed by atoms with Crippen molar-refractivity contribution >= 4 is 38.7 Å². The van der Waals surface area contributed by atoms with Crippen molar-refractivity contribution in [3.05, 3.63) is 47.9 Å². The van der Waals surface area contributed by atoms with Crippen molar-refractivity contribution < 1.29 is 9.47 Å². The van der Waals surface area contributed by atoms with Crippen molar-refractivity contribution in [2.45, 2.75) is 6.61 Å². The number of anilines is 2. The number of methoxy groups -OCH3 is 1. The molecule has 0 bridgehead atoms. The number of thiazole rings is 1. The highest BCUT2D eigenvalue weighted by Crippen LogP contribution is 2.35. The molecule has 0 unspecified atom stereocenters. The Morgan fingerprint density at radius 1 is 1.37 bits per heavy atom. The zero-order valence-corrected chi connectivity index (χ0v) is 15.8. The van der Waals surface area contributed by atoms with E-state index in [1.807, 2.05) is 18.2 Å². The number of nitrogens with two attached hydrogens (primary N) is 2. The van der Waals surface area contributed by atoms with Crippen LogP contribution in [0.15, 0.2) is 47.4 Å². The van der Waals surface area contributed by atoms with Crippen LogP contribution in [0.2, 0.25) is 0 Å². The molecule has 3 aromatic rings. The first-order valence-corrected chi connectivity index (χ1v) is 8.87. The van der Waals surface area contributed by atoms with Crippen molar-refractivity contribution in [2.24, 2.45) is 10.7 Å². The van der Waals surface area contributed by atoms with Gasteiger partial charge in [0.2, 0.25) is 0 Å². The summed E-state index contributed by atoms with van der Waals surface area (Å²) in [6.45, 7) is 0.365. The number of aliphatic imine (C=N–C) groups is 1. The lowest BCUT2D eigenvalue weighted by molar-refractivity contribution is 0.304. The second-order valence-electron chi connectivity index (χ2n) is 5.50. The normalized spacial score (nSPS) is 11.9. The smallest absolute Gasteiger partial charge is 0.181 e. The number of allylic oxidation sites excluding steroid dienone is 1. The highest BCUT2D eigenvalue weighted by atomic mass is 32.1. The minimum atomic E-state index is 0.365. The number of hydrogen-bond donors (Lipinski definition) is 3. The Labute approximate surface area is 160 Å². The number of fused-ring (bicyclic) bond motifs is 1. The maximum atomic E-state index is 5.92. The number of rotatable bonds is 7. The van der Waals surface area contributed by atoms with Crippen LogP contribution >= 0.6 is 11.3 Å². The van der Waals surface area contributed by atoms with Crippen LogP contribution in [0, 0.1) is 0 Å². The zero-order valence-electron chi connectivity index (χ0n) is 15.0. The molecule has 0 radical (unpaired) electrons. The van der Waals surface area contributed by atoms with Crippen LogP contribution in [0.3, 0.4) is 0 Å². The zero-order chi connectivity index (χ0) is 19.2. The van der Waals surface area contributed by atoms with Gasteiger partial charge in [0.25, 0.3) is 0 Å². The SMILES string of the molecule is CN=CC(=CN)Nc1cc(COc2cc(OC)c3nc(N)sc3c2)ccn1. The van der Waals surface area contributed by atoms with Gasteiger partial charge in [0.05, 0.1) is 17.5 Å². The average Bonchev–Trinajstić information content (AvgIpc) is 3.05. The van der Waals surface area contributed by atoms with Crippen molar-refractivity contribution in [3.8, 4) is 11.5 Å². The number of ether oxygens (including phenoxy) is 2. The van der Waals surface area contributed by atoms with E-state index in [-0.39, 0.29) is 0 Å². The molecule has 1 aromatic carbocycles. The van der Waals surface area contributed by atoms with Gasteiger partial charge in [-0.25, -0.2) is 9.97 Å². The Morgan fingerprint density at radius 3 is 2.96 bits per heavy atom. The summed E-state index contributed by atoms with van der Waals surface area (Å²) in [6, 6.07) is 7.47. The van der Waals surface area contributed by atoms with Gasteiger partial charge in [-0.3, -0.25) is 4.99 Å². The lowest BCUT2D eigenvalue weighted by atomic mass is 10.2. The molecular weight excluding hydrogens is 364 g/mol. The van der Waals surface area contributed by atoms with E-state index in [0.717, 1.165) is 15.8 Å². The van der Waals surface area contributed by atoms with E-state index in [0.29, 0.717) is 34.8 Å². The Bertz CT molecular complexity index is 999. The fourth-order valence-electron chi connectivity index (χ4n) is 2.43. The first-order valence-electron chi connectivity index (χ1n) is 8.05. The van der Waals surface area contributed by atoms with E-state index in [2.05, 4.69) is 20.3 Å². The average molecular weight is 384 g/mol. The Balaban J connectivity index is 1.75. The Hall–Kier alpha value is -3.33.